The highest BCUT2D eigenvalue weighted by Crippen LogP contribution is 2.40. The summed E-state index contributed by atoms with van der Waals surface area (Å²) in [5.41, 5.74) is -1.21. The van der Waals surface area contributed by atoms with Crippen LogP contribution in [0, 0.1) is 11.3 Å². The third-order valence-electron chi connectivity index (χ3n) is 1.68. The Morgan fingerprint density at radius 3 is 2.40 bits per heavy atom. The number of benzene rings is 1. The van der Waals surface area contributed by atoms with E-state index in [2.05, 4.69) is 4.74 Å². The van der Waals surface area contributed by atoms with Crippen molar-refractivity contribution in [2.24, 2.45) is 0 Å². The largest absolute Gasteiger partial charge is 0.495 e. The second-order valence-corrected chi connectivity index (χ2v) is 3.06. The summed E-state index contributed by atoms with van der Waals surface area (Å²) in [5, 5.41) is 8.27. The van der Waals surface area contributed by atoms with Gasteiger partial charge < -0.3 is 4.74 Å². The van der Waals surface area contributed by atoms with Gasteiger partial charge in [0.15, 0.2) is 0 Å². The molecule has 0 aliphatic heterocycles. The van der Waals surface area contributed by atoms with Gasteiger partial charge in [0, 0.05) is 0 Å². The fraction of sp³-hybridized carbons (Fsp3) is 0.222. The number of hydrogen-bond acceptors (Lipinski definition) is 2. The van der Waals surface area contributed by atoms with Crippen molar-refractivity contribution in [3.63, 3.8) is 0 Å². The number of halogens is 4. The molecule has 0 heterocycles. The standard InChI is InChI=1S/C9H5ClF3NO/c1-15-8-6(9(11,12)13)2-5(4-14)3-7(8)10/h2-3H,1H3. The lowest BCUT2D eigenvalue weighted by Crippen LogP contribution is -2.08. The van der Waals surface area contributed by atoms with Crippen molar-refractivity contribution >= 4 is 11.6 Å². The zero-order valence-electron chi connectivity index (χ0n) is 7.52. The first-order valence-corrected chi connectivity index (χ1v) is 4.12. The molecule has 0 bridgehead atoms. The van der Waals surface area contributed by atoms with Crippen LogP contribution in [0.3, 0.4) is 0 Å². The number of hydrogen-bond donors (Lipinski definition) is 0. The molecule has 0 saturated heterocycles. The lowest BCUT2D eigenvalue weighted by molar-refractivity contribution is -0.138. The number of rotatable bonds is 1. The molecule has 0 spiro atoms. The van der Waals surface area contributed by atoms with E-state index in [4.69, 9.17) is 16.9 Å². The van der Waals surface area contributed by atoms with Gasteiger partial charge >= 0.3 is 6.18 Å². The highest BCUT2D eigenvalue weighted by Gasteiger charge is 2.35. The predicted octanol–water partition coefficient (Wildman–Crippen LogP) is 3.24. The van der Waals surface area contributed by atoms with Crippen molar-refractivity contribution in [2.45, 2.75) is 6.18 Å². The average molecular weight is 236 g/mol. The minimum Gasteiger partial charge on any atom is -0.495 e. The van der Waals surface area contributed by atoms with Crippen molar-refractivity contribution < 1.29 is 17.9 Å². The zero-order chi connectivity index (χ0) is 11.6. The molecule has 0 radical (unpaired) electrons. The van der Waals surface area contributed by atoms with Crippen molar-refractivity contribution in [1.82, 2.24) is 0 Å². The highest BCUT2D eigenvalue weighted by atomic mass is 35.5. The van der Waals surface area contributed by atoms with Crippen LogP contribution >= 0.6 is 11.6 Å². The molecule has 80 valence electrons. The fourth-order valence-corrected chi connectivity index (χ4v) is 1.37. The van der Waals surface area contributed by atoms with Gasteiger partial charge in [-0.3, -0.25) is 0 Å². The molecule has 0 unspecified atom stereocenters. The molecule has 0 aliphatic rings. The van der Waals surface area contributed by atoms with E-state index in [0.29, 0.717) is 6.07 Å². The molecular weight excluding hydrogens is 231 g/mol. The van der Waals surface area contributed by atoms with Gasteiger partial charge in [0.1, 0.15) is 11.3 Å². The smallest absolute Gasteiger partial charge is 0.420 e. The van der Waals surface area contributed by atoms with Crippen LogP contribution in [-0.2, 0) is 6.18 Å². The summed E-state index contributed by atoms with van der Waals surface area (Å²) in [4.78, 5) is 0. The zero-order valence-corrected chi connectivity index (χ0v) is 8.28. The Labute approximate surface area is 88.8 Å². The minimum absolute atomic E-state index is 0.159. The van der Waals surface area contributed by atoms with Crippen LogP contribution in [-0.4, -0.2) is 7.11 Å². The summed E-state index contributed by atoms with van der Waals surface area (Å²) in [6.07, 6.45) is -4.60. The third-order valence-corrected chi connectivity index (χ3v) is 1.96. The summed E-state index contributed by atoms with van der Waals surface area (Å²) in [5.74, 6) is -0.469. The fourth-order valence-electron chi connectivity index (χ4n) is 1.08. The van der Waals surface area contributed by atoms with E-state index in [-0.39, 0.29) is 10.6 Å². The molecule has 15 heavy (non-hydrogen) atoms. The van der Waals surface area contributed by atoms with Crippen molar-refractivity contribution in [1.29, 1.82) is 5.26 Å². The first-order valence-electron chi connectivity index (χ1n) is 3.75. The van der Waals surface area contributed by atoms with E-state index in [9.17, 15) is 13.2 Å². The lowest BCUT2D eigenvalue weighted by atomic mass is 10.1. The summed E-state index contributed by atoms with van der Waals surface area (Å²) in [6, 6.07) is 3.41. The molecule has 0 fully saturated rings. The first-order chi connectivity index (χ1) is 6.90. The predicted molar refractivity (Wildman–Crippen MR) is 47.7 cm³/mol. The highest BCUT2D eigenvalue weighted by molar-refractivity contribution is 6.32. The van der Waals surface area contributed by atoms with E-state index >= 15 is 0 Å². The second-order valence-electron chi connectivity index (χ2n) is 2.65. The van der Waals surface area contributed by atoms with E-state index in [1.54, 1.807) is 6.07 Å². The van der Waals surface area contributed by atoms with Gasteiger partial charge in [-0.15, -0.1) is 0 Å². The summed E-state index contributed by atoms with van der Waals surface area (Å²) in [7, 11) is 1.09. The Balaban J connectivity index is 3.48. The molecular formula is C9H5ClF3NO. The van der Waals surface area contributed by atoms with Gasteiger partial charge in [-0.25, -0.2) is 0 Å². The van der Waals surface area contributed by atoms with Crippen LogP contribution in [0.4, 0.5) is 13.2 Å². The van der Waals surface area contributed by atoms with Crippen molar-refractivity contribution in [2.75, 3.05) is 7.11 Å². The van der Waals surface area contributed by atoms with Crippen LogP contribution < -0.4 is 4.74 Å². The van der Waals surface area contributed by atoms with E-state index in [1.165, 1.54) is 0 Å². The van der Waals surface area contributed by atoms with E-state index < -0.39 is 17.5 Å². The van der Waals surface area contributed by atoms with Gasteiger partial charge in [-0.05, 0) is 12.1 Å². The Morgan fingerprint density at radius 1 is 1.40 bits per heavy atom. The molecule has 0 aromatic heterocycles. The SMILES string of the molecule is COc1c(Cl)cc(C#N)cc1C(F)(F)F. The first kappa shape index (κ1) is 11.7. The topological polar surface area (TPSA) is 33.0 Å². The monoisotopic (exact) mass is 235 g/mol. The number of nitrogens with zero attached hydrogens (tertiary/aromatic N) is 1. The Bertz CT molecular complexity index is 423. The minimum atomic E-state index is -4.60. The van der Waals surface area contributed by atoms with Gasteiger partial charge in [0.05, 0.1) is 23.8 Å². The van der Waals surface area contributed by atoms with Crippen LogP contribution in [0.15, 0.2) is 12.1 Å². The van der Waals surface area contributed by atoms with Crippen molar-refractivity contribution in [3.8, 4) is 11.8 Å². The molecule has 6 heteroatoms. The maximum Gasteiger partial charge on any atom is 0.420 e. The van der Waals surface area contributed by atoms with E-state index in [1.807, 2.05) is 0 Å². The number of ether oxygens (including phenoxy) is 1. The third kappa shape index (κ3) is 2.34. The molecule has 0 atom stereocenters. The molecule has 0 N–H and O–H groups in total. The summed E-state index contributed by atoms with van der Waals surface area (Å²) < 4.78 is 42.0. The Hall–Kier alpha value is -1.41. The van der Waals surface area contributed by atoms with E-state index in [0.717, 1.165) is 13.2 Å². The lowest BCUT2D eigenvalue weighted by Gasteiger charge is -2.13. The van der Waals surface area contributed by atoms with Crippen LogP contribution in [0.2, 0.25) is 5.02 Å². The molecule has 2 nitrogen and oxygen atoms in total. The number of methoxy groups -OCH3 is 1. The van der Waals surface area contributed by atoms with Crippen LogP contribution in [0.1, 0.15) is 11.1 Å². The van der Waals surface area contributed by atoms with Gasteiger partial charge in [0.25, 0.3) is 0 Å². The van der Waals surface area contributed by atoms with Gasteiger partial charge in [0.2, 0.25) is 0 Å². The molecule has 1 aromatic carbocycles. The number of nitriles is 1. The Kier molecular flexibility index (Phi) is 3.10. The maximum atomic E-state index is 12.5. The Morgan fingerprint density at radius 2 is 2.00 bits per heavy atom. The molecule has 1 aromatic rings. The summed E-state index contributed by atoms with van der Waals surface area (Å²) in [6.45, 7) is 0. The van der Waals surface area contributed by atoms with Crippen molar-refractivity contribution in [3.05, 3.63) is 28.3 Å². The van der Waals surface area contributed by atoms with Crippen LogP contribution in [0.25, 0.3) is 0 Å². The molecule has 0 aliphatic carbocycles. The maximum absolute atomic E-state index is 12.5. The average Bonchev–Trinajstić information content (AvgIpc) is 2.15. The summed E-state index contributed by atoms with van der Waals surface area (Å²) >= 11 is 5.54. The van der Waals surface area contributed by atoms with Gasteiger partial charge in [-0.1, -0.05) is 11.6 Å². The molecule has 1 rings (SSSR count). The molecule has 0 saturated carbocycles. The quantitative estimate of drug-likeness (QED) is 0.749. The second kappa shape index (κ2) is 3.99. The van der Waals surface area contributed by atoms with Crippen LogP contribution in [0.5, 0.6) is 5.75 Å². The van der Waals surface area contributed by atoms with Gasteiger partial charge in [-0.2, -0.15) is 18.4 Å². The normalized spacial score (nSPS) is 10.9. The molecule has 0 amide bonds. The number of alkyl halides is 3.